The van der Waals surface area contributed by atoms with Crippen molar-refractivity contribution < 1.29 is 4.42 Å². The van der Waals surface area contributed by atoms with Crippen molar-refractivity contribution in [1.82, 2.24) is 14.5 Å². The highest BCUT2D eigenvalue weighted by molar-refractivity contribution is 6.13. The monoisotopic (exact) mass is 765 g/mol. The van der Waals surface area contributed by atoms with Crippen LogP contribution in [0.1, 0.15) is 0 Å². The normalized spacial score (nSPS) is 11.7. The van der Waals surface area contributed by atoms with Crippen LogP contribution in [0.25, 0.3) is 116 Å². The van der Waals surface area contributed by atoms with Crippen molar-refractivity contribution in [3.8, 4) is 61.8 Å². The Morgan fingerprint density at radius 1 is 0.350 bits per heavy atom. The zero-order valence-corrected chi connectivity index (χ0v) is 32.5. The van der Waals surface area contributed by atoms with E-state index >= 15 is 0 Å². The molecule has 3 heterocycles. The van der Waals surface area contributed by atoms with E-state index in [0.717, 1.165) is 82.9 Å². The minimum atomic E-state index is 0.621. The molecule has 0 saturated carbocycles. The minimum Gasteiger partial charge on any atom is -0.455 e. The molecule has 0 aliphatic heterocycles. The molecule has 0 atom stereocenters. The third-order valence-electron chi connectivity index (χ3n) is 11.9. The summed E-state index contributed by atoms with van der Waals surface area (Å²) < 4.78 is 8.68. The van der Waals surface area contributed by atoms with Gasteiger partial charge in [0.15, 0.2) is 0 Å². The van der Waals surface area contributed by atoms with E-state index in [1.165, 1.54) is 27.5 Å². The van der Waals surface area contributed by atoms with Gasteiger partial charge in [-0.25, -0.2) is 9.97 Å². The lowest BCUT2D eigenvalue weighted by Crippen LogP contribution is -2.04. The van der Waals surface area contributed by atoms with E-state index in [0.29, 0.717) is 5.95 Å². The molecule has 12 aromatic rings. The summed E-state index contributed by atoms with van der Waals surface area (Å²) >= 11 is 0. The minimum absolute atomic E-state index is 0.621. The van der Waals surface area contributed by atoms with E-state index in [1.54, 1.807) is 0 Å². The lowest BCUT2D eigenvalue weighted by molar-refractivity contribution is 0.670. The SMILES string of the molecule is c1ccc(-c2cc(-c3ccc(-c4cccc5cccc(-c6ccccc6)c45)cc3)nc(-n3c4ccccc4c4cc(-c5cccc6c5oc5ccccc56)ccc43)n2)cc1. The van der Waals surface area contributed by atoms with Crippen molar-refractivity contribution in [3.05, 3.63) is 212 Å². The van der Waals surface area contributed by atoms with Crippen LogP contribution in [0.4, 0.5) is 0 Å². The predicted octanol–water partition coefficient (Wildman–Crippen LogP) is 15.0. The van der Waals surface area contributed by atoms with Crippen LogP contribution in [0.2, 0.25) is 0 Å². The van der Waals surface area contributed by atoms with Gasteiger partial charge in [0.25, 0.3) is 0 Å². The molecule has 0 unspecified atom stereocenters. The molecule has 60 heavy (non-hydrogen) atoms. The Labute approximate surface area is 346 Å². The zero-order chi connectivity index (χ0) is 39.6. The molecule has 0 radical (unpaired) electrons. The first-order valence-electron chi connectivity index (χ1n) is 20.3. The fraction of sp³-hybridized carbons (Fsp3) is 0. The third-order valence-corrected chi connectivity index (χ3v) is 11.9. The van der Waals surface area contributed by atoms with Gasteiger partial charge in [-0.3, -0.25) is 4.57 Å². The Bertz CT molecular complexity index is 3580. The van der Waals surface area contributed by atoms with Gasteiger partial charge in [-0.2, -0.15) is 0 Å². The smallest absolute Gasteiger partial charge is 0.235 e. The summed E-state index contributed by atoms with van der Waals surface area (Å²) in [5, 5.41) is 6.97. The molecule has 0 aliphatic carbocycles. The van der Waals surface area contributed by atoms with E-state index in [2.05, 4.69) is 199 Å². The predicted molar refractivity (Wildman–Crippen MR) is 248 cm³/mol. The summed E-state index contributed by atoms with van der Waals surface area (Å²) in [5.74, 6) is 0.621. The largest absolute Gasteiger partial charge is 0.455 e. The van der Waals surface area contributed by atoms with Gasteiger partial charge in [-0.1, -0.05) is 182 Å². The van der Waals surface area contributed by atoms with E-state index in [9.17, 15) is 0 Å². The van der Waals surface area contributed by atoms with Crippen molar-refractivity contribution in [1.29, 1.82) is 0 Å². The Morgan fingerprint density at radius 3 is 1.63 bits per heavy atom. The Morgan fingerprint density at radius 2 is 0.883 bits per heavy atom. The molecular formula is C56H35N3O. The number of benzene rings is 9. The second-order valence-corrected chi connectivity index (χ2v) is 15.3. The molecule has 4 heteroatoms. The number of fused-ring (bicyclic) bond motifs is 7. The number of hydrogen-bond donors (Lipinski definition) is 0. The summed E-state index contributed by atoms with van der Waals surface area (Å²) in [6, 6.07) is 75.0. The number of para-hydroxylation sites is 3. The van der Waals surface area contributed by atoms with Crippen molar-refractivity contribution in [2.24, 2.45) is 0 Å². The van der Waals surface area contributed by atoms with Crippen LogP contribution in [-0.2, 0) is 0 Å². The number of hydrogen-bond acceptors (Lipinski definition) is 3. The molecule has 280 valence electrons. The van der Waals surface area contributed by atoms with Crippen molar-refractivity contribution in [2.75, 3.05) is 0 Å². The molecule has 0 saturated heterocycles. The molecule has 0 bridgehead atoms. The van der Waals surface area contributed by atoms with Gasteiger partial charge >= 0.3 is 0 Å². The molecule has 0 N–H and O–H groups in total. The zero-order valence-electron chi connectivity index (χ0n) is 32.5. The van der Waals surface area contributed by atoms with Gasteiger partial charge in [0.2, 0.25) is 5.95 Å². The lowest BCUT2D eigenvalue weighted by Gasteiger charge is -2.14. The van der Waals surface area contributed by atoms with E-state index < -0.39 is 0 Å². The van der Waals surface area contributed by atoms with Crippen LogP contribution in [0, 0.1) is 0 Å². The van der Waals surface area contributed by atoms with Crippen molar-refractivity contribution >= 4 is 54.5 Å². The first-order chi connectivity index (χ1) is 29.7. The van der Waals surface area contributed by atoms with Crippen LogP contribution in [-0.4, -0.2) is 14.5 Å². The van der Waals surface area contributed by atoms with Crippen molar-refractivity contribution in [2.45, 2.75) is 0 Å². The highest BCUT2D eigenvalue weighted by atomic mass is 16.3. The average Bonchev–Trinajstić information content (AvgIpc) is 3.87. The average molecular weight is 766 g/mol. The van der Waals surface area contributed by atoms with Crippen LogP contribution in [0.5, 0.6) is 0 Å². The van der Waals surface area contributed by atoms with Gasteiger partial charge in [0, 0.05) is 38.2 Å². The van der Waals surface area contributed by atoms with Crippen LogP contribution in [0.3, 0.4) is 0 Å². The maximum atomic E-state index is 6.47. The summed E-state index contributed by atoms with van der Waals surface area (Å²) in [4.78, 5) is 10.7. The maximum absolute atomic E-state index is 6.47. The number of nitrogens with zero attached hydrogens (tertiary/aromatic N) is 3. The molecule has 0 fully saturated rings. The molecule has 12 rings (SSSR count). The van der Waals surface area contributed by atoms with E-state index in [4.69, 9.17) is 14.4 Å². The topological polar surface area (TPSA) is 43.9 Å². The first kappa shape index (κ1) is 34.0. The van der Waals surface area contributed by atoms with Gasteiger partial charge in [-0.05, 0) is 68.9 Å². The summed E-state index contributed by atoms with van der Waals surface area (Å²) in [6.07, 6.45) is 0. The van der Waals surface area contributed by atoms with Gasteiger partial charge in [0.1, 0.15) is 11.2 Å². The number of rotatable bonds is 6. The van der Waals surface area contributed by atoms with Gasteiger partial charge in [0.05, 0.1) is 22.4 Å². The molecular weight excluding hydrogens is 731 g/mol. The van der Waals surface area contributed by atoms with Crippen LogP contribution in [0.15, 0.2) is 217 Å². The first-order valence-corrected chi connectivity index (χ1v) is 20.3. The molecule has 0 amide bonds. The fourth-order valence-electron chi connectivity index (χ4n) is 9.03. The van der Waals surface area contributed by atoms with Gasteiger partial charge in [-0.15, -0.1) is 0 Å². The third kappa shape index (κ3) is 5.53. The quantitative estimate of drug-likeness (QED) is 0.169. The van der Waals surface area contributed by atoms with Crippen LogP contribution < -0.4 is 0 Å². The Balaban J connectivity index is 1.01. The maximum Gasteiger partial charge on any atom is 0.235 e. The molecule has 0 spiro atoms. The van der Waals surface area contributed by atoms with Crippen molar-refractivity contribution in [3.63, 3.8) is 0 Å². The molecule has 0 aliphatic rings. The summed E-state index contributed by atoms with van der Waals surface area (Å²) in [7, 11) is 0. The van der Waals surface area contributed by atoms with E-state index in [-0.39, 0.29) is 0 Å². The fourth-order valence-corrected chi connectivity index (χ4v) is 9.03. The van der Waals surface area contributed by atoms with Gasteiger partial charge < -0.3 is 4.42 Å². The summed E-state index contributed by atoms with van der Waals surface area (Å²) in [6.45, 7) is 0. The highest BCUT2D eigenvalue weighted by Crippen LogP contribution is 2.41. The number of aromatic nitrogens is 3. The Hall–Kier alpha value is -8.08. The van der Waals surface area contributed by atoms with Crippen LogP contribution >= 0.6 is 0 Å². The summed E-state index contributed by atoms with van der Waals surface area (Å²) in [5.41, 5.74) is 14.6. The molecule has 4 nitrogen and oxygen atoms in total. The standard InChI is InChI=1S/C56H35N3O/c1-3-14-36(15-4-1)42-22-11-18-40-19-12-23-43(54(40)42)37-28-30-39(31-29-37)50-35-49(38-16-5-2-6-17-38)57-56(58-50)59-51-26-9-7-20-45(51)48-34-41(32-33-52(48)59)44-24-13-25-47-46-21-8-10-27-53(46)60-55(44)47/h1-35H. The van der Waals surface area contributed by atoms with E-state index in [1.807, 2.05) is 18.2 Å². The number of furan rings is 1. The molecule has 3 aromatic heterocycles. The second-order valence-electron chi connectivity index (χ2n) is 15.3. The highest BCUT2D eigenvalue weighted by Gasteiger charge is 2.19. The second kappa shape index (κ2) is 13.8. The Kier molecular flexibility index (Phi) is 7.82. The molecule has 9 aromatic carbocycles. The lowest BCUT2D eigenvalue weighted by atomic mass is 9.91.